The van der Waals surface area contributed by atoms with Crippen LogP contribution in [0.5, 0.6) is 0 Å². The van der Waals surface area contributed by atoms with E-state index < -0.39 is 0 Å². The second-order valence-corrected chi connectivity index (χ2v) is 6.55. The number of hydrogen-bond acceptors (Lipinski definition) is 3. The Hall–Kier alpha value is -2.47. The molecule has 3 aromatic rings. The summed E-state index contributed by atoms with van der Waals surface area (Å²) in [6.45, 7) is 5.80. The first-order valence-corrected chi connectivity index (χ1v) is 8.31. The fourth-order valence-corrected chi connectivity index (χ4v) is 2.84. The molecule has 0 aliphatic heterocycles. The predicted molar refractivity (Wildman–Crippen MR) is 101 cm³/mol. The second kappa shape index (κ2) is 6.57. The zero-order chi connectivity index (χ0) is 17.3. The molecule has 0 atom stereocenters. The summed E-state index contributed by atoms with van der Waals surface area (Å²) in [7, 11) is 0. The number of halogens is 1. The van der Waals surface area contributed by atoms with Gasteiger partial charge in [-0.2, -0.15) is 0 Å². The molecule has 1 heterocycles. The third kappa shape index (κ3) is 3.54. The number of benzene rings is 2. The number of rotatable bonds is 2. The van der Waals surface area contributed by atoms with E-state index in [-0.39, 0.29) is 6.03 Å². The van der Waals surface area contributed by atoms with Crippen molar-refractivity contribution in [3.8, 4) is 0 Å². The van der Waals surface area contributed by atoms with Gasteiger partial charge in [0.15, 0.2) is 0 Å². The normalized spacial score (nSPS) is 10.7. The molecule has 0 aliphatic rings. The summed E-state index contributed by atoms with van der Waals surface area (Å²) in [6.07, 6.45) is 0. The van der Waals surface area contributed by atoms with Crippen LogP contribution in [0.25, 0.3) is 11.0 Å². The minimum Gasteiger partial charge on any atom is -0.308 e. The molecule has 24 heavy (non-hydrogen) atoms. The predicted octanol–water partition coefficient (Wildman–Crippen LogP) is 4.96. The van der Waals surface area contributed by atoms with Crippen molar-refractivity contribution in [3.63, 3.8) is 0 Å². The summed E-state index contributed by atoms with van der Waals surface area (Å²) >= 11 is 3.41. The molecule has 0 bridgehead atoms. The van der Waals surface area contributed by atoms with Crippen molar-refractivity contribution in [2.75, 3.05) is 10.6 Å². The molecular weight excluding hydrogens is 368 g/mol. The number of urea groups is 1. The number of carbonyl (C=O) groups excluding carboxylic acids is 1. The standard InChI is InChI=1S/C18H17BrN4O/c1-10-8-13(19)4-6-15(10)23-18(24)22-14-5-7-16-17(9-14)21-12(3)11(2)20-16/h4-9H,1-3H3,(H2,22,23,24). The minimum atomic E-state index is -0.295. The number of hydrogen-bond donors (Lipinski definition) is 2. The first kappa shape index (κ1) is 16.4. The third-order valence-corrected chi connectivity index (χ3v) is 4.26. The average Bonchev–Trinajstić information content (AvgIpc) is 2.51. The Morgan fingerprint density at radius 1 is 0.917 bits per heavy atom. The molecule has 2 N–H and O–H groups in total. The Labute approximate surface area is 148 Å². The van der Waals surface area contributed by atoms with Crippen LogP contribution in [-0.4, -0.2) is 16.0 Å². The van der Waals surface area contributed by atoms with Gasteiger partial charge in [0.05, 0.1) is 22.4 Å². The maximum absolute atomic E-state index is 12.2. The molecule has 2 amide bonds. The van der Waals surface area contributed by atoms with Crippen LogP contribution in [0.4, 0.5) is 16.2 Å². The van der Waals surface area contributed by atoms with Crippen LogP contribution in [0.15, 0.2) is 40.9 Å². The lowest BCUT2D eigenvalue weighted by molar-refractivity contribution is 0.262. The van der Waals surface area contributed by atoms with E-state index in [0.717, 1.165) is 38.1 Å². The molecule has 122 valence electrons. The second-order valence-electron chi connectivity index (χ2n) is 5.64. The van der Waals surface area contributed by atoms with E-state index in [1.54, 1.807) is 0 Å². The van der Waals surface area contributed by atoms with Crippen LogP contribution >= 0.6 is 15.9 Å². The lowest BCUT2D eigenvalue weighted by Crippen LogP contribution is -2.20. The fraction of sp³-hybridized carbons (Fsp3) is 0.167. The van der Waals surface area contributed by atoms with Crippen molar-refractivity contribution in [2.24, 2.45) is 0 Å². The molecule has 0 spiro atoms. The Morgan fingerprint density at radius 2 is 1.62 bits per heavy atom. The van der Waals surface area contributed by atoms with Gasteiger partial charge >= 0.3 is 6.03 Å². The Bertz CT molecular complexity index is 940. The molecule has 0 aliphatic carbocycles. The lowest BCUT2D eigenvalue weighted by atomic mass is 10.2. The van der Waals surface area contributed by atoms with Gasteiger partial charge in [-0.1, -0.05) is 15.9 Å². The molecule has 0 saturated carbocycles. The molecular formula is C18H17BrN4O. The van der Waals surface area contributed by atoms with E-state index in [0.29, 0.717) is 5.69 Å². The van der Waals surface area contributed by atoms with Gasteiger partial charge in [-0.25, -0.2) is 14.8 Å². The van der Waals surface area contributed by atoms with Crippen LogP contribution in [0.3, 0.4) is 0 Å². The van der Waals surface area contributed by atoms with Gasteiger partial charge in [0.25, 0.3) is 0 Å². The summed E-state index contributed by atoms with van der Waals surface area (Å²) < 4.78 is 0.977. The Morgan fingerprint density at radius 3 is 2.33 bits per heavy atom. The summed E-state index contributed by atoms with van der Waals surface area (Å²) in [6, 6.07) is 10.9. The van der Waals surface area contributed by atoms with Gasteiger partial charge in [-0.3, -0.25) is 0 Å². The molecule has 5 nitrogen and oxygen atoms in total. The van der Waals surface area contributed by atoms with Gasteiger partial charge < -0.3 is 10.6 Å². The maximum Gasteiger partial charge on any atom is 0.323 e. The Kier molecular flexibility index (Phi) is 4.49. The van der Waals surface area contributed by atoms with Gasteiger partial charge in [0.1, 0.15) is 0 Å². The summed E-state index contributed by atoms with van der Waals surface area (Å²) in [5, 5.41) is 5.68. The molecule has 0 saturated heterocycles. The highest BCUT2D eigenvalue weighted by atomic mass is 79.9. The summed E-state index contributed by atoms with van der Waals surface area (Å²) in [5.41, 5.74) is 5.79. The van der Waals surface area contributed by atoms with Crippen molar-refractivity contribution in [1.29, 1.82) is 0 Å². The van der Waals surface area contributed by atoms with Crippen LogP contribution < -0.4 is 10.6 Å². The molecule has 6 heteroatoms. The largest absolute Gasteiger partial charge is 0.323 e. The summed E-state index contributed by atoms with van der Waals surface area (Å²) in [4.78, 5) is 21.2. The van der Waals surface area contributed by atoms with E-state index >= 15 is 0 Å². The van der Waals surface area contributed by atoms with Crippen LogP contribution in [0.1, 0.15) is 17.0 Å². The smallest absolute Gasteiger partial charge is 0.308 e. The number of carbonyl (C=O) groups is 1. The monoisotopic (exact) mass is 384 g/mol. The molecule has 3 rings (SSSR count). The van der Waals surface area contributed by atoms with Crippen molar-refractivity contribution < 1.29 is 4.79 Å². The van der Waals surface area contributed by atoms with Crippen molar-refractivity contribution >= 4 is 44.4 Å². The van der Waals surface area contributed by atoms with Crippen LogP contribution in [0, 0.1) is 20.8 Å². The molecule has 0 fully saturated rings. The number of aromatic nitrogens is 2. The van der Waals surface area contributed by atoms with E-state index in [1.165, 1.54) is 0 Å². The van der Waals surface area contributed by atoms with E-state index in [9.17, 15) is 4.79 Å². The van der Waals surface area contributed by atoms with Crippen molar-refractivity contribution in [1.82, 2.24) is 9.97 Å². The number of nitrogens with zero attached hydrogens (tertiary/aromatic N) is 2. The number of aryl methyl sites for hydroxylation is 3. The van der Waals surface area contributed by atoms with Crippen LogP contribution in [-0.2, 0) is 0 Å². The van der Waals surface area contributed by atoms with Gasteiger partial charge in [0, 0.05) is 15.8 Å². The van der Waals surface area contributed by atoms with E-state index in [2.05, 4.69) is 36.5 Å². The number of anilines is 2. The Balaban J connectivity index is 1.78. The average molecular weight is 385 g/mol. The maximum atomic E-state index is 12.2. The van der Waals surface area contributed by atoms with Crippen LogP contribution in [0.2, 0.25) is 0 Å². The lowest BCUT2D eigenvalue weighted by Gasteiger charge is -2.11. The SMILES string of the molecule is Cc1cc(Br)ccc1NC(=O)Nc1ccc2nc(C)c(C)nc2c1. The van der Waals surface area contributed by atoms with Crippen molar-refractivity contribution in [3.05, 3.63) is 57.8 Å². The van der Waals surface area contributed by atoms with E-state index in [1.807, 2.05) is 57.2 Å². The van der Waals surface area contributed by atoms with Crippen molar-refractivity contribution in [2.45, 2.75) is 20.8 Å². The highest BCUT2D eigenvalue weighted by Crippen LogP contribution is 2.21. The number of amides is 2. The first-order chi connectivity index (χ1) is 11.4. The summed E-state index contributed by atoms with van der Waals surface area (Å²) in [5.74, 6) is 0. The fourth-order valence-electron chi connectivity index (χ4n) is 2.36. The number of fused-ring (bicyclic) bond motifs is 1. The third-order valence-electron chi connectivity index (χ3n) is 3.77. The zero-order valence-electron chi connectivity index (χ0n) is 13.6. The molecule has 2 aromatic carbocycles. The first-order valence-electron chi connectivity index (χ1n) is 7.51. The zero-order valence-corrected chi connectivity index (χ0v) is 15.2. The van der Waals surface area contributed by atoms with Gasteiger partial charge in [-0.15, -0.1) is 0 Å². The topological polar surface area (TPSA) is 66.9 Å². The number of nitrogens with one attached hydrogen (secondary N) is 2. The van der Waals surface area contributed by atoms with Gasteiger partial charge in [-0.05, 0) is 62.7 Å². The highest BCUT2D eigenvalue weighted by Gasteiger charge is 2.07. The van der Waals surface area contributed by atoms with Gasteiger partial charge in [0.2, 0.25) is 0 Å². The minimum absolute atomic E-state index is 0.295. The molecule has 0 radical (unpaired) electrons. The molecule has 0 unspecified atom stereocenters. The molecule has 1 aromatic heterocycles. The van der Waals surface area contributed by atoms with E-state index in [4.69, 9.17) is 0 Å². The highest BCUT2D eigenvalue weighted by molar-refractivity contribution is 9.10. The quantitative estimate of drug-likeness (QED) is 0.655.